The van der Waals surface area contributed by atoms with Crippen LogP contribution in [0.4, 0.5) is 15.8 Å². The van der Waals surface area contributed by atoms with E-state index in [1.54, 1.807) is 0 Å². The van der Waals surface area contributed by atoms with Gasteiger partial charge in [-0.1, -0.05) is 0 Å². The molecule has 0 radical (unpaired) electrons. The SMILES string of the molecule is NC(CCl)=Nc1cc(Br)c(F)cc1[N+](=O)[O-]. The van der Waals surface area contributed by atoms with Crippen LogP contribution in [0.1, 0.15) is 0 Å². The van der Waals surface area contributed by atoms with Crippen molar-refractivity contribution in [3.8, 4) is 0 Å². The highest BCUT2D eigenvalue weighted by Gasteiger charge is 2.17. The molecule has 0 saturated carbocycles. The van der Waals surface area contributed by atoms with Gasteiger partial charge in [-0.15, -0.1) is 11.6 Å². The zero-order valence-corrected chi connectivity index (χ0v) is 10.1. The van der Waals surface area contributed by atoms with Crippen molar-refractivity contribution in [3.05, 3.63) is 32.5 Å². The van der Waals surface area contributed by atoms with Crippen LogP contribution in [0.25, 0.3) is 0 Å². The van der Waals surface area contributed by atoms with Crippen LogP contribution in [0, 0.1) is 15.9 Å². The van der Waals surface area contributed by atoms with Crippen molar-refractivity contribution >= 4 is 44.7 Å². The van der Waals surface area contributed by atoms with Crippen molar-refractivity contribution in [2.24, 2.45) is 10.7 Å². The fourth-order valence-corrected chi connectivity index (χ4v) is 1.34. The smallest absolute Gasteiger partial charge is 0.297 e. The third-order valence-electron chi connectivity index (χ3n) is 1.62. The van der Waals surface area contributed by atoms with Gasteiger partial charge < -0.3 is 5.73 Å². The van der Waals surface area contributed by atoms with E-state index in [0.717, 1.165) is 6.07 Å². The van der Waals surface area contributed by atoms with Gasteiger partial charge in [0, 0.05) is 0 Å². The van der Waals surface area contributed by atoms with Crippen molar-refractivity contribution in [2.75, 3.05) is 5.88 Å². The molecule has 0 aromatic heterocycles. The van der Waals surface area contributed by atoms with Gasteiger partial charge in [0.2, 0.25) is 0 Å². The molecule has 0 aliphatic carbocycles. The Bertz CT molecular complexity index is 467. The van der Waals surface area contributed by atoms with E-state index >= 15 is 0 Å². The molecule has 1 rings (SSSR count). The van der Waals surface area contributed by atoms with Crippen LogP contribution in [0.2, 0.25) is 0 Å². The number of aliphatic imine (C=N–C) groups is 1. The minimum absolute atomic E-state index is 0.0169. The summed E-state index contributed by atoms with van der Waals surface area (Å²) in [7, 11) is 0. The van der Waals surface area contributed by atoms with E-state index in [4.69, 9.17) is 17.3 Å². The monoisotopic (exact) mass is 309 g/mol. The van der Waals surface area contributed by atoms with Crippen molar-refractivity contribution < 1.29 is 9.31 Å². The second-order valence-electron chi connectivity index (χ2n) is 2.75. The molecule has 86 valence electrons. The maximum Gasteiger partial charge on any atom is 0.297 e. The minimum Gasteiger partial charge on any atom is -0.386 e. The molecular weight excluding hydrogens is 304 g/mol. The molecule has 0 aliphatic heterocycles. The van der Waals surface area contributed by atoms with E-state index in [-0.39, 0.29) is 21.9 Å². The third kappa shape index (κ3) is 2.89. The number of alkyl halides is 1. The van der Waals surface area contributed by atoms with Gasteiger partial charge in [0.1, 0.15) is 17.3 Å². The number of benzene rings is 1. The van der Waals surface area contributed by atoms with Gasteiger partial charge in [-0.3, -0.25) is 10.1 Å². The van der Waals surface area contributed by atoms with Crippen molar-refractivity contribution in [2.45, 2.75) is 0 Å². The third-order valence-corrected chi connectivity index (χ3v) is 2.50. The van der Waals surface area contributed by atoms with Crippen LogP contribution in [0.5, 0.6) is 0 Å². The van der Waals surface area contributed by atoms with Crippen LogP contribution in [0.15, 0.2) is 21.6 Å². The minimum atomic E-state index is -0.741. The number of hydrogen-bond donors (Lipinski definition) is 1. The fraction of sp³-hybridized carbons (Fsp3) is 0.125. The van der Waals surface area contributed by atoms with Gasteiger partial charge in [0.05, 0.1) is 21.3 Å². The highest BCUT2D eigenvalue weighted by atomic mass is 79.9. The topological polar surface area (TPSA) is 81.5 Å². The lowest BCUT2D eigenvalue weighted by molar-refractivity contribution is -0.384. The Hall–Kier alpha value is -1.21. The zero-order valence-electron chi connectivity index (χ0n) is 7.78. The van der Waals surface area contributed by atoms with Crippen LogP contribution in [-0.2, 0) is 0 Å². The van der Waals surface area contributed by atoms with Crippen molar-refractivity contribution in [3.63, 3.8) is 0 Å². The lowest BCUT2D eigenvalue weighted by atomic mass is 10.2. The van der Waals surface area contributed by atoms with E-state index in [1.807, 2.05) is 0 Å². The molecule has 0 spiro atoms. The molecule has 0 bridgehead atoms. The van der Waals surface area contributed by atoms with Crippen molar-refractivity contribution in [1.29, 1.82) is 0 Å². The van der Waals surface area contributed by atoms with Crippen LogP contribution in [0.3, 0.4) is 0 Å². The van der Waals surface area contributed by atoms with E-state index in [1.165, 1.54) is 6.07 Å². The Labute approximate surface area is 103 Å². The number of nitrogens with two attached hydrogens (primary N) is 1. The molecule has 1 aromatic carbocycles. The first-order chi connectivity index (χ1) is 7.45. The summed E-state index contributed by atoms with van der Waals surface area (Å²) in [6, 6.07) is 1.94. The Morgan fingerprint density at radius 2 is 2.31 bits per heavy atom. The van der Waals surface area contributed by atoms with Gasteiger partial charge in [-0.25, -0.2) is 9.38 Å². The average molecular weight is 311 g/mol. The summed E-state index contributed by atoms with van der Waals surface area (Å²) in [4.78, 5) is 13.6. The molecule has 0 amide bonds. The Balaban J connectivity index is 3.36. The second kappa shape index (κ2) is 5.22. The highest BCUT2D eigenvalue weighted by molar-refractivity contribution is 9.10. The number of nitrogens with zero attached hydrogens (tertiary/aromatic N) is 2. The van der Waals surface area contributed by atoms with Crippen LogP contribution >= 0.6 is 27.5 Å². The maximum atomic E-state index is 13.1. The molecule has 0 aliphatic rings. The summed E-state index contributed by atoms with van der Waals surface area (Å²) in [5.74, 6) is -0.787. The molecule has 5 nitrogen and oxygen atoms in total. The average Bonchev–Trinajstić information content (AvgIpc) is 2.22. The Kier molecular flexibility index (Phi) is 4.19. The maximum absolute atomic E-state index is 13.1. The van der Waals surface area contributed by atoms with Gasteiger partial charge >= 0.3 is 0 Å². The number of halogens is 3. The van der Waals surface area contributed by atoms with E-state index in [0.29, 0.717) is 0 Å². The quantitative estimate of drug-likeness (QED) is 0.306. The van der Waals surface area contributed by atoms with Crippen LogP contribution in [-0.4, -0.2) is 16.6 Å². The second-order valence-corrected chi connectivity index (χ2v) is 3.87. The molecule has 0 atom stereocenters. The predicted octanol–water partition coefficient (Wildman–Crippen LogP) is 2.72. The predicted molar refractivity (Wildman–Crippen MR) is 62.8 cm³/mol. The Morgan fingerprint density at radius 3 is 2.81 bits per heavy atom. The van der Waals surface area contributed by atoms with Crippen LogP contribution < -0.4 is 5.73 Å². The summed E-state index contributed by atoms with van der Waals surface area (Å²) in [5, 5.41) is 10.6. The summed E-state index contributed by atoms with van der Waals surface area (Å²) in [6.07, 6.45) is 0. The molecule has 0 heterocycles. The van der Waals surface area contributed by atoms with Gasteiger partial charge in [-0.05, 0) is 22.0 Å². The summed E-state index contributed by atoms with van der Waals surface area (Å²) < 4.78 is 13.2. The lowest BCUT2D eigenvalue weighted by Gasteiger charge is -2.01. The van der Waals surface area contributed by atoms with Gasteiger partial charge in [0.25, 0.3) is 5.69 Å². The molecule has 0 fully saturated rings. The van der Waals surface area contributed by atoms with Crippen molar-refractivity contribution in [1.82, 2.24) is 0 Å². The number of rotatable bonds is 3. The molecule has 8 heteroatoms. The molecule has 0 unspecified atom stereocenters. The zero-order chi connectivity index (χ0) is 12.3. The van der Waals surface area contributed by atoms with E-state index in [2.05, 4.69) is 20.9 Å². The summed E-state index contributed by atoms with van der Waals surface area (Å²) in [6.45, 7) is 0. The number of amidine groups is 1. The van der Waals surface area contributed by atoms with Gasteiger partial charge in [0.15, 0.2) is 0 Å². The van der Waals surface area contributed by atoms with E-state index < -0.39 is 16.4 Å². The first kappa shape index (κ1) is 12.9. The van der Waals surface area contributed by atoms with Gasteiger partial charge in [-0.2, -0.15) is 0 Å². The fourth-order valence-electron chi connectivity index (χ4n) is 0.946. The number of hydrogen-bond acceptors (Lipinski definition) is 3. The lowest BCUT2D eigenvalue weighted by Crippen LogP contribution is -2.12. The number of nitro groups is 1. The number of nitro benzene ring substituents is 1. The molecule has 2 N–H and O–H groups in total. The molecule has 0 saturated heterocycles. The Morgan fingerprint density at radius 1 is 1.69 bits per heavy atom. The molecule has 1 aromatic rings. The normalized spacial score (nSPS) is 11.6. The van der Waals surface area contributed by atoms with E-state index in [9.17, 15) is 14.5 Å². The highest BCUT2D eigenvalue weighted by Crippen LogP contribution is 2.32. The largest absolute Gasteiger partial charge is 0.386 e. The first-order valence-corrected chi connectivity index (χ1v) is 5.31. The standard InChI is InChI=1S/C8H6BrClFN3O2/c9-4-1-6(13-8(12)3-10)7(14(15)16)2-5(4)11/h1-2H,3H2,(H2,12,13). The summed E-state index contributed by atoms with van der Waals surface area (Å²) in [5.41, 5.74) is 4.84. The molecular formula is C8H6BrClFN3O2. The summed E-state index contributed by atoms with van der Waals surface area (Å²) >= 11 is 8.29. The first-order valence-electron chi connectivity index (χ1n) is 3.98. The molecule has 16 heavy (non-hydrogen) atoms.